The third-order valence-electron chi connectivity index (χ3n) is 6.47. The summed E-state index contributed by atoms with van der Waals surface area (Å²) in [5, 5.41) is 0. The predicted molar refractivity (Wildman–Crippen MR) is 131 cm³/mol. The second-order valence-corrected chi connectivity index (χ2v) is 8.43. The van der Waals surface area contributed by atoms with E-state index >= 15 is 0 Å². The highest BCUT2D eigenvalue weighted by Crippen LogP contribution is 2.28. The van der Waals surface area contributed by atoms with Crippen molar-refractivity contribution in [1.82, 2.24) is 9.80 Å². The molecule has 3 aromatic rings. The number of hydrogen-bond acceptors (Lipinski definition) is 4. The van der Waals surface area contributed by atoms with Gasteiger partial charge in [0.1, 0.15) is 0 Å². The van der Waals surface area contributed by atoms with E-state index in [0.29, 0.717) is 6.04 Å². The molecule has 1 heterocycles. The van der Waals surface area contributed by atoms with E-state index in [1.807, 2.05) is 6.07 Å². The van der Waals surface area contributed by atoms with Gasteiger partial charge < -0.3 is 14.4 Å². The maximum Gasteiger partial charge on any atom is 0.160 e. The Morgan fingerprint density at radius 2 is 1.38 bits per heavy atom. The summed E-state index contributed by atoms with van der Waals surface area (Å²) in [7, 11) is 3.37. The van der Waals surface area contributed by atoms with Crippen LogP contribution in [0.25, 0.3) is 0 Å². The van der Waals surface area contributed by atoms with Crippen LogP contribution < -0.4 is 9.47 Å². The molecule has 0 amide bonds. The van der Waals surface area contributed by atoms with Gasteiger partial charge in [-0.1, -0.05) is 66.7 Å². The predicted octanol–water partition coefficient (Wildman–Crippen LogP) is 4.85. The fourth-order valence-corrected chi connectivity index (χ4v) is 4.59. The average molecular weight is 431 g/mol. The van der Waals surface area contributed by atoms with Gasteiger partial charge in [0.05, 0.1) is 14.2 Å². The maximum atomic E-state index is 5.45. The number of ether oxygens (including phenoxy) is 2. The van der Waals surface area contributed by atoms with Crippen molar-refractivity contribution in [2.45, 2.75) is 18.9 Å². The summed E-state index contributed by atoms with van der Waals surface area (Å²) >= 11 is 0. The molecule has 1 atom stereocenters. The van der Waals surface area contributed by atoms with Crippen molar-refractivity contribution in [3.8, 4) is 11.5 Å². The van der Waals surface area contributed by atoms with Crippen LogP contribution in [0.15, 0.2) is 78.9 Å². The Morgan fingerprint density at radius 1 is 0.719 bits per heavy atom. The summed E-state index contributed by atoms with van der Waals surface area (Å²) in [6, 6.07) is 28.5. The van der Waals surface area contributed by atoms with Crippen LogP contribution in [0.1, 0.15) is 22.7 Å². The molecule has 168 valence electrons. The van der Waals surface area contributed by atoms with E-state index < -0.39 is 0 Å². The largest absolute Gasteiger partial charge is 0.493 e. The van der Waals surface area contributed by atoms with Gasteiger partial charge in [0.15, 0.2) is 11.5 Å². The molecule has 0 spiro atoms. The van der Waals surface area contributed by atoms with Crippen molar-refractivity contribution in [1.29, 1.82) is 0 Å². The molecule has 0 unspecified atom stereocenters. The normalized spacial score (nSPS) is 15.9. The molecule has 0 saturated carbocycles. The molecular formula is C28H34N2O2. The minimum absolute atomic E-state index is 0.423. The molecule has 1 aliphatic heterocycles. The van der Waals surface area contributed by atoms with E-state index in [-0.39, 0.29) is 0 Å². The van der Waals surface area contributed by atoms with Crippen LogP contribution in [-0.2, 0) is 12.8 Å². The Balaban J connectivity index is 1.35. The van der Waals surface area contributed by atoms with Gasteiger partial charge in [0.2, 0.25) is 0 Å². The summed E-state index contributed by atoms with van der Waals surface area (Å²) in [6.07, 6.45) is 2.07. The molecule has 4 heteroatoms. The Labute approximate surface area is 192 Å². The molecule has 0 aliphatic carbocycles. The highest BCUT2D eigenvalue weighted by Gasteiger charge is 2.25. The van der Waals surface area contributed by atoms with Gasteiger partial charge in [-0.15, -0.1) is 0 Å². The van der Waals surface area contributed by atoms with Gasteiger partial charge in [0.25, 0.3) is 0 Å². The van der Waals surface area contributed by atoms with E-state index in [1.54, 1.807) is 14.2 Å². The van der Waals surface area contributed by atoms with Crippen LogP contribution in [0.4, 0.5) is 0 Å². The third-order valence-corrected chi connectivity index (χ3v) is 6.47. The summed E-state index contributed by atoms with van der Waals surface area (Å²) in [6.45, 7) is 5.46. The molecule has 4 rings (SSSR count). The van der Waals surface area contributed by atoms with E-state index in [0.717, 1.165) is 57.1 Å². The molecule has 0 aromatic heterocycles. The number of piperazine rings is 1. The second kappa shape index (κ2) is 11.2. The van der Waals surface area contributed by atoms with Gasteiger partial charge >= 0.3 is 0 Å². The molecule has 3 aromatic carbocycles. The van der Waals surface area contributed by atoms with Gasteiger partial charge in [-0.3, -0.25) is 4.90 Å². The zero-order valence-electron chi connectivity index (χ0n) is 19.2. The topological polar surface area (TPSA) is 24.9 Å². The monoisotopic (exact) mass is 430 g/mol. The third kappa shape index (κ3) is 5.70. The second-order valence-electron chi connectivity index (χ2n) is 8.43. The molecule has 0 bridgehead atoms. The summed E-state index contributed by atoms with van der Waals surface area (Å²) < 4.78 is 10.8. The fourth-order valence-electron chi connectivity index (χ4n) is 4.59. The Kier molecular flexibility index (Phi) is 7.81. The maximum absolute atomic E-state index is 5.45. The number of methoxy groups -OCH3 is 2. The van der Waals surface area contributed by atoms with Crippen LogP contribution in [0.3, 0.4) is 0 Å². The van der Waals surface area contributed by atoms with Crippen molar-refractivity contribution in [2.24, 2.45) is 0 Å². The SMILES string of the molecule is COc1ccc(CCN2CCN([C@H](Cc3ccccc3)c3ccccc3)CC2)cc1OC. The number of hydrogen-bond donors (Lipinski definition) is 0. The molecule has 32 heavy (non-hydrogen) atoms. The first kappa shape index (κ1) is 22.4. The zero-order chi connectivity index (χ0) is 22.2. The molecule has 1 fully saturated rings. The fraction of sp³-hybridized carbons (Fsp3) is 0.357. The van der Waals surface area contributed by atoms with Gasteiger partial charge in [-0.2, -0.15) is 0 Å². The standard InChI is InChI=1S/C28H34N2O2/c1-31-27-14-13-24(22-28(27)32-2)15-16-29-17-19-30(20-18-29)26(25-11-7-4-8-12-25)21-23-9-5-3-6-10-23/h3-14,22,26H,15-21H2,1-2H3/t26-/m1/s1. The van der Waals surface area contributed by atoms with Gasteiger partial charge in [0, 0.05) is 38.8 Å². The highest BCUT2D eigenvalue weighted by molar-refractivity contribution is 5.43. The highest BCUT2D eigenvalue weighted by atomic mass is 16.5. The summed E-state index contributed by atoms with van der Waals surface area (Å²) in [5.74, 6) is 1.59. The minimum atomic E-state index is 0.423. The Hall–Kier alpha value is -2.82. The summed E-state index contributed by atoms with van der Waals surface area (Å²) in [5.41, 5.74) is 4.10. The van der Waals surface area contributed by atoms with Crippen molar-refractivity contribution < 1.29 is 9.47 Å². The van der Waals surface area contributed by atoms with Gasteiger partial charge in [-0.25, -0.2) is 0 Å². The van der Waals surface area contributed by atoms with Crippen molar-refractivity contribution in [2.75, 3.05) is 46.9 Å². The van der Waals surface area contributed by atoms with E-state index in [2.05, 4.69) is 82.6 Å². The molecule has 1 saturated heterocycles. The first-order valence-corrected chi connectivity index (χ1v) is 11.5. The average Bonchev–Trinajstić information content (AvgIpc) is 2.87. The lowest BCUT2D eigenvalue weighted by atomic mass is 9.96. The number of rotatable bonds is 9. The number of benzene rings is 3. The zero-order valence-corrected chi connectivity index (χ0v) is 19.2. The lowest BCUT2D eigenvalue weighted by Gasteiger charge is -2.39. The van der Waals surface area contributed by atoms with Crippen LogP contribution in [-0.4, -0.2) is 56.7 Å². The van der Waals surface area contributed by atoms with Crippen molar-refractivity contribution >= 4 is 0 Å². The van der Waals surface area contributed by atoms with Crippen LogP contribution >= 0.6 is 0 Å². The molecular weight excluding hydrogens is 396 g/mol. The molecule has 1 aliphatic rings. The smallest absolute Gasteiger partial charge is 0.160 e. The van der Waals surface area contributed by atoms with E-state index in [4.69, 9.17) is 9.47 Å². The lowest BCUT2D eigenvalue weighted by Crippen LogP contribution is -2.48. The van der Waals surface area contributed by atoms with E-state index in [1.165, 1.54) is 16.7 Å². The van der Waals surface area contributed by atoms with Crippen molar-refractivity contribution in [3.63, 3.8) is 0 Å². The summed E-state index contributed by atoms with van der Waals surface area (Å²) in [4.78, 5) is 5.24. The lowest BCUT2D eigenvalue weighted by molar-refractivity contribution is 0.0961. The minimum Gasteiger partial charge on any atom is -0.493 e. The Bertz CT molecular complexity index is 954. The first-order valence-electron chi connectivity index (χ1n) is 11.5. The quantitative estimate of drug-likeness (QED) is 0.485. The van der Waals surface area contributed by atoms with E-state index in [9.17, 15) is 0 Å². The van der Waals surface area contributed by atoms with Crippen LogP contribution in [0.2, 0.25) is 0 Å². The Morgan fingerprint density at radius 3 is 2.03 bits per heavy atom. The van der Waals surface area contributed by atoms with Crippen molar-refractivity contribution in [3.05, 3.63) is 95.6 Å². The van der Waals surface area contributed by atoms with Crippen LogP contribution in [0, 0.1) is 0 Å². The molecule has 0 radical (unpaired) electrons. The van der Waals surface area contributed by atoms with Gasteiger partial charge in [-0.05, 0) is 41.7 Å². The molecule has 0 N–H and O–H groups in total. The van der Waals surface area contributed by atoms with Crippen LogP contribution in [0.5, 0.6) is 11.5 Å². The number of nitrogens with zero attached hydrogens (tertiary/aromatic N) is 2. The molecule has 4 nitrogen and oxygen atoms in total. The first-order chi connectivity index (χ1) is 15.8.